The van der Waals surface area contributed by atoms with Gasteiger partial charge in [0.2, 0.25) is 0 Å². The third-order valence-corrected chi connectivity index (χ3v) is 16.9. The molecule has 4 aliphatic carbocycles. The fourth-order valence-electron chi connectivity index (χ4n) is 12.3. The molecular formula is C51H81O26+. The van der Waals surface area contributed by atoms with E-state index >= 15 is 0 Å². The Balaban J connectivity index is 1.05. The number of carbonyl (C=O) groups is 2. The summed E-state index contributed by atoms with van der Waals surface area (Å²) in [4.78, 5) is 25.8. The molecule has 0 aromatic rings. The van der Waals surface area contributed by atoms with Crippen molar-refractivity contribution in [3.63, 3.8) is 0 Å². The van der Waals surface area contributed by atoms with Crippen molar-refractivity contribution in [3.8, 4) is 0 Å². The molecular weight excluding hydrogens is 1030 g/mol. The lowest BCUT2D eigenvalue weighted by Gasteiger charge is -2.51. The second-order valence-corrected chi connectivity index (χ2v) is 22.4. The van der Waals surface area contributed by atoms with Crippen LogP contribution in [0.3, 0.4) is 0 Å². The normalized spacial score (nSPS) is 49.1. The van der Waals surface area contributed by atoms with E-state index in [9.17, 15) is 86.2 Å². The Hall–Kier alpha value is -2.46. The molecule has 0 aromatic carbocycles. The van der Waals surface area contributed by atoms with Crippen molar-refractivity contribution >= 4 is 11.9 Å². The van der Waals surface area contributed by atoms with Crippen LogP contribution in [0.1, 0.15) is 83.5 Å². The largest absolute Gasteiger partial charge is 0.460 e. The van der Waals surface area contributed by atoms with Gasteiger partial charge in [-0.1, -0.05) is 12.2 Å². The summed E-state index contributed by atoms with van der Waals surface area (Å²) in [7, 11) is 0. The van der Waals surface area contributed by atoms with Gasteiger partial charge in [-0.3, -0.25) is 0 Å². The number of ether oxygens (including phenoxy) is 9. The Morgan fingerprint density at radius 3 is 1.47 bits per heavy atom. The molecule has 26 heteroatoms. The van der Waals surface area contributed by atoms with Gasteiger partial charge in [-0.25, -0.2) is 9.59 Å². The van der Waals surface area contributed by atoms with Crippen LogP contribution in [0.25, 0.3) is 0 Å². The van der Waals surface area contributed by atoms with Crippen molar-refractivity contribution in [3.05, 3.63) is 24.3 Å². The van der Waals surface area contributed by atoms with Crippen LogP contribution in [0.15, 0.2) is 24.3 Å². The van der Waals surface area contributed by atoms with Crippen LogP contribution in [0.5, 0.6) is 0 Å². The van der Waals surface area contributed by atoms with E-state index in [2.05, 4.69) is 0 Å². The molecule has 4 saturated heterocycles. The van der Waals surface area contributed by atoms with Crippen LogP contribution < -0.4 is 0 Å². The number of hydrogen-bond acceptors (Lipinski definition) is 25. The fourth-order valence-corrected chi connectivity index (χ4v) is 12.3. The van der Waals surface area contributed by atoms with Crippen LogP contribution in [-0.4, -0.2) is 266 Å². The van der Waals surface area contributed by atoms with E-state index in [0.29, 0.717) is 51.4 Å². The smallest absolute Gasteiger partial charge is 0.330 e. The number of esters is 2. The molecule has 23 atom stereocenters. The molecule has 8 rings (SSSR count). The van der Waals surface area contributed by atoms with E-state index in [1.807, 2.05) is 0 Å². The van der Waals surface area contributed by atoms with E-state index < -0.39 is 197 Å². The minimum absolute atomic E-state index is 0.000947. The van der Waals surface area contributed by atoms with Crippen LogP contribution >= 0.6 is 0 Å². The predicted octanol–water partition coefficient (Wildman–Crippen LogP) is -5.57. The highest BCUT2D eigenvalue weighted by Crippen LogP contribution is 2.44. The zero-order valence-electron chi connectivity index (χ0n) is 42.6. The molecule has 0 radical (unpaired) electrons. The number of allylic oxidation sites excluding steroid dienone is 2. The minimum Gasteiger partial charge on any atom is -0.460 e. The molecule has 4 saturated carbocycles. The van der Waals surface area contributed by atoms with Gasteiger partial charge in [0.15, 0.2) is 31.1 Å². The number of rotatable bonds is 16. The maximum absolute atomic E-state index is 13.0. The monoisotopic (exact) mass is 1110 g/mol. The van der Waals surface area contributed by atoms with Crippen molar-refractivity contribution in [1.82, 2.24) is 0 Å². The van der Waals surface area contributed by atoms with Crippen LogP contribution in [0, 0.1) is 23.7 Å². The fraction of sp³-hybridized carbons (Fsp3) is 0.882. The Morgan fingerprint density at radius 2 is 0.935 bits per heavy atom. The second-order valence-electron chi connectivity index (χ2n) is 22.4. The molecule has 26 nitrogen and oxygen atoms in total. The van der Waals surface area contributed by atoms with Crippen LogP contribution in [-0.2, 0) is 47.5 Å². The predicted molar refractivity (Wildman–Crippen MR) is 256 cm³/mol. The van der Waals surface area contributed by atoms with Crippen LogP contribution in [0.4, 0.5) is 0 Å². The molecule has 8 aliphatic rings. The molecule has 8 unspecified atom stereocenters. The van der Waals surface area contributed by atoms with E-state index in [4.69, 9.17) is 42.6 Å². The first-order valence-electron chi connectivity index (χ1n) is 27.2. The van der Waals surface area contributed by atoms with Crippen LogP contribution in [0.2, 0.25) is 0 Å². The number of hydrogen-bond donors (Lipinski definition) is 15. The lowest BCUT2D eigenvalue weighted by atomic mass is 9.72. The molecule has 0 spiro atoms. The summed E-state index contributed by atoms with van der Waals surface area (Å²) >= 11 is 0. The maximum atomic E-state index is 13.0. The average Bonchev–Trinajstić information content (AvgIpc) is 3.42. The van der Waals surface area contributed by atoms with E-state index in [0.717, 1.165) is 0 Å². The number of carbonyl (C=O) groups excluding carboxylic acids is 2. The van der Waals surface area contributed by atoms with E-state index in [1.165, 1.54) is 12.2 Å². The SMILES string of the molecule is O=C(C=CC1CCC(O)CC1)OC[C@H]1O[C@@H](O[C@H]2[C@H](OC3CC4C(O[C@@H]5O[C@H](CO)[C@@H](O)[C@H](O)[C@H]5O)CC(O)CC4[OH+]C3C3CC(O)C(O)C(O)C3)O[C@H](COC(=O)C=CC3CCC(O)CC3)[C@@H](O)[C@@H]2O)[C@H](O)[C@@H](O)[C@@H]1O. The van der Waals surface area contributed by atoms with Gasteiger partial charge >= 0.3 is 11.9 Å². The van der Waals surface area contributed by atoms with E-state index in [-0.39, 0.29) is 43.9 Å². The van der Waals surface area contributed by atoms with Gasteiger partial charge in [0, 0.05) is 30.9 Å². The first kappa shape index (κ1) is 60.6. The quantitative estimate of drug-likeness (QED) is 0.0389. The highest BCUT2D eigenvalue weighted by atomic mass is 16.8. The first-order chi connectivity index (χ1) is 36.7. The first-order valence-corrected chi connectivity index (χ1v) is 27.2. The maximum Gasteiger partial charge on any atom is 0.330 e. The molecule has 0 aromatic heterocycles. The molecule has 0 amide bonds. The van der Waals surface area contributed by atoms with Gasteiger partial charge in [-0.05, 0) is 82.5 Å². The lowest BCUT2D eigenvalue weighted by Crippen LogP contribution is -2.66. The van der Waals surface area contributed by atoms with Gasteiger partial charge in [-0.2, -0.15) is 0 Å². The van der Waals surface area contributed by atoms with Gasteiger partial charge in [0.05, 0.1) is 49.1 Å². The number of aliphatic hydroxyl groups excluding tert-OH is 15. The molecule has 16 N–H and O–H groups in total. The van der Waals surface area contributed by atoms with Gasteiger partial charge in [0.25, 0.3) is 0 Å². The Morgan fingerprint density at radius 1 is 0.468 bits per heavy atom. The van der Waals surface area contributed by atoms with Crippen molar-refractivity contribution in [2.24, 2.45) is 23.7 Å². The molecule has 77 heavy (non-hydrogen) atoms. The Bertz CT molecular complexity index is 1920. The summed E-state index contributed by atoms with van der Waals surface area (Å²) in [6.45, 7) is -2.07. The summed E-state index contributed by atoms with van der Waals surface area (Å²) in [5, 5.41) is 162. The molecule has 440 valence electrons. The Kier molecular flexibility index (Phi) is 21.3. The number of aliphatic hydroxyl groups is 17. The zero-order chi connectivity index (χ0) is 55.4. The third-order valence-electron chi connectivity index (χ3n) is 16.9. The summed E-state index contributed by atoms with van der Waals surface area (Å²) in [6, 6.07) is 0. The minimum atomic E-state index is -2.05. The highest BCUT2D eigenvalue weighted by molar-refractivity contribution is 5.82. The summed E-state index contributed by atoms with van der Waals surface area (Å²) < 4.78 is 52.9. The summed E-state index contributed by atoms with van der Waals surface area (Å²) in [5.74, 6) is -3.07. The van der Waals surface area contributed by atoms with Crippen molar-refractivity contribution in [1.29, 1.82) is 0 Å². The standard InChI is InChI=1S/C51H80O26/c52-18-33-39(61)42(64)45(67)49(74-33)72-31-16-26(55)15-30-27(31)17-32(47(71-30)23-13-28(56)38(60)29(57)14-23)73-51-48(44(66)41(63)35(76-51)20-70-37(59)12-6-22-3-9-25(54)10-4-22)77-50-46(68)43(65)40(62)34(75-50)19-69-36(58)11-5-21-1-7-24(53)8-2-21/h5-6,11-12,21-35,38-57,60-68H,1-4,7-10,13-20H2/p+1/t21?,22?,23?,24?,25?,26?,27?,28?,29?,30?,31?,32?,33-,34-,35-,38?,39-,40-,41-,42+,43+,44+,45-,46-,47?,48-,49-,50+,51-/m1/s1. The van der Waals surface area contributed by atoms with Crippen molar-refractivity contribution < 1.29 is 129 Å². The second kappa shape index (κ2) is 27.1. The Labute approximate surface area is 444 Å². The van der Waals surface area contributed by atoms with Crippen molar-refractivity contribution in [2.75, 3.05) is 19.8 Å². The van der Waals surface area contributed by atoms with E-state index in [1.54, 1.807) is 12.2 Å². The number of fused-ring (bicyclic) bond motifs is 1. The topological polar surface area (TPSA) is 424 Å². The van der Waals surface area contributed by atoms with Gasteiger partial charge in [0.1, 0.15) is 98.7 Å². The van der Waals surface area contributed by atoms with Crippen molar-refractivity contribution in [2.45, 2.75) is 237 Å². The third kappa shape index (κ3) is 14.8. The summed E-state index contributed by atoms with van der Waals surface area (Å²) in [6.07, 6.45) is -26.7. The van der Waals surface area contributed by atoms with Gasteiger partial charge < -0.3 is 119 Å². The van der Waals surface area contributed by atoms with Gasteiger partial charge in [-0.15, -0.1) is 0 Å². The molecule has 4 aliphatic heterocycles. The lowest BCUT2D eigenvalue weighted by molar-refractivity contribution is -0.390. The zero-order valence-corrected chi connectivity index (χ0v) is 42.6. The highest BCUT2D eigenvalue weighted by Gasteiger charge is 2.58. The molecule has 4 heterocycles. The average molecular weight is 1110 g/mol. The molecule has 0 bridgehead atoms. The summed E-state index contributed by atoms with van der Waals surface area (Å²) in [5.41, 5.74) is 0. The molecule has 8 fully saturated rings.